The molecule has 144 valence electrons. The minimum absolute atomic E-state index is 0.0553. The molecule has 1 aliphatic rings. The van der Waals surface area contributed by atoms with Gasteiger partial charge in [0.05, 0.1) is 6.54 Å². The van der Waals surface area contributed by atoms with Crippen molar-refractivity contribution in [1.29, 1.82) is 0 Å². The Morgan fingerprint density at radius 3 is 2.62 bits per heavy atom. The van der Waals surface area contributed by atoms with Gasteiger partial charge in [-0.05, 0) is 49.4 Å². The summed E-state index contributed by atoms with van der Waals surface area (Å²) in [5.41, 5.74) is 0.913. The first-order valence-corrected chi connectivity index (χ1v) is 9.37. The zero-order chi connectivity index (χ0) is 19.1. The van der Waals surface area contributed by atoms with E-state index in [-0.39, 0.29) is 30.2 Å². The van der Waals surface area contributed by atoms with Gasteiger partial charge in [-0.2, -0.15) is 0 Å². The molecule has 1 amide bonds. The number of carboxylic acid groups (broad SMARTS) is 1. The summed E-state index contributed by atoms with van der Waals surface area (Å²) in [7, 11) is 0. The molecule has 6 heteroatoms. The number of piperidine rings is 1. The summed E-state index contributed by atoms with van der Waals surface area (Å²) in [4.78, 5) is 27.3. The van der Waals surface area contributed by atoms with Crippen LogP contribution in [0.15, 0.2) is 24.3 Å². The average Bonchev–Trinajstić information content (AvgIpc) is 2.59. The predicted octanol–water partition coefficient (Wildman–Crippen LogP) is 2.79. The largest absolute Gasteiger partial charge is 0.480 e. The first-order valence-electron chi connectivity index (χ1n) is 9.37. The van der Waals surface area contributed by atoms with Crippen LogP contribution in [-0.2, 0) is 16.0 Å². The SMILES string of the molecule is CCN(CC(=O)O)C1CCN(C(=O)CC(C)Cc2cccc(F)c2)CC1. The van der Waals surface area contributed by atoms with Gasteiger partial charge in [-0.3, -0.25) is 14.5 Å². The van der Waals surface area contributed by atoms with Crippen molar-refractivity contribution in [2.24, 2.45) is 5.92 Å². The minimum Gasteiger partial charge on any atom is -0.480 e. The summed E-state index contributed by atoms with van der Waals surface area (Å²) in [6.45, 7) is 6.09. The third kappa shape index (κ3) is 6.09. The van der Waals surface area contributed by atoms with Crippen LogP contribution >= 0.6 is 0 Å². The molecular formula is C20H29FN2O3. The Bertz CT molecular complexity index is 615. The number of rotatable bonds is 8. The molecule has 2 rings (SSSR count). The molecule has 1 unspecified atom stereocenters. The zero-order valence-corrected chi connectivity index (χ0v) is 15.7. The number of aliphatic carboxylic acids is 1. The summed E-state index contributed by atoms with van der Waals surface area (Å²) in [6.07, 6.45) is 2.76. The van der Waals surface area contributed by atoms with E-state index in [0.29, 0.717) is 32.5 Å². The van der Waals surface area contributed by atoms with Gasteiger partial charge in [-0.1, -0.05) is 26.0 Å². The maximum Gasteiger partial charge on any atom is 0.317 e. The van der Waals surface area contributed by atoms with Crippen molar-refractivity contribution in [3.05, 3.63) is 35.6 Å². The van der Waals surface area contributed by atoms with Gasteiger partial charge in [0.1, 0.15) is 5.82 Å². The summed E-state index contributed by atoms with van der Waals surface area (Å²) in [5, 5.41) is 8.99. The Morgan fingerprint density at radius 1 is 1.35 bits per heavy atom. The molecule has 0 aliphatic carbocycles. The van der Waals surface area contributed by atoms with Crippen molar-refractivity contribution in [2.45, 2.75) is 45.6 Å². The minimum atomic E-state index is -0.809. The van der Waals surface area contributed by atoms with Crippen LogP contribution < -0.4 is 0 Å². The van der Waals surface area contributed by atoms with Crippen molar-refractivity contribution in [3.8, 4) is 0 Å². The number of carbonyl (C=O) groups excluding carboxylic acids is 1. The number of hydrogen-bond acceptors (Lipinski definition) is 3. The highest BCUT2D eigenvalue weighted by Gasteiger charge is 2.27. The molecule has 1 heterocycles. The Kier molecular flexibility index (Phi) is 7.57. The Labute approximate surface area is 154 Å². The van der Waals surface area contributed by atoms with Crippen molar-refractivity contribution in [3.63, 3.8) is 0 Å². The first kappa shape index (κ1) is 20.4. The van der Waals surface area contributed by atoms with Gasteiger partial charge in [0.25, 0.3) is 0 Å². The van der Waals surface area contributed by atoms with Crippen LogP contribution in [0.5, 0.6) is 0 Å². The van der Waals surface area contributed by atoms with Crippen molar-refractivity contribution < 1.29 is 19.1 Å². The number of carbonyl (C=O) groups is 2. The van der Waals surface area contributed by atoms with E-state index < -0.39 is 5.97 Å². The van der Waals surface area contributed by atoms with E-state index in [2.05, 4.69) is 0 Å². The van der Waals surface area contributed by atoms with Crippen LogP contribution in [-0.4, -0.2) is 59.0 Å². The summed E-state index contributed by atoms with van der Waals surface area (Å²) < 4.78 is 13.3. The quantitative estimate of drug-likeness (QED) is 0.771. The van der Waals surface area contributed by atoms with Crippen LogP contribution in [0.2, 0.25) is 0 Å². The maximum atomic E-state index is 13.3. The van der Waals surface area contributed by atoms with Crippen LogP contribution in [0.4, 0.5) is 4.39 Å². The Hall–Kier alpha value is -1.95. The van der Waals surface area contributed by atoms with Gasteiger partial charge in [-0.25, -0.2) is 4.39 Å². The highest BCUT2D eigenvalue weighted by Crippen LogP contribution is 2.19. The lowest BCUT2D eigenvalue weighted by Crippen LogP contribution is -2.48. The highest BCUT2D eigenvalue weighted by atomic mass is 19.1. The Balaban J connectivity index is 1.79. The van der Waals surface area contributed by atoms with Gasteiger partial charge in [0, 0.05) is 25.6 Å². The molecule has 1 atom stereocenters. The number of benzene rings is 1. The fraction of sp³-hybridized carbons (Fsp3) is 0.600. The molecule has 1 aromatic carbocycles. The third-order valence-corrected chi connectivity index (χ3v) is 5.07. The van der Waals surface area contributed by atoms with Crippen molar-refractivity contribution in [1.82, 2.24) is 9.80 Å². The molecule has 1 aliphatic heterocycles. The van der Waals surface area contributed by atoms with Crippen molar-refractivity contribution in [2.75, 3.05) is 26.2 Å². The van der Waals surface area contributed by atoms with E-state index in [4.69, 9.17) is 5.11 Å². The molecular weight excluding hydrogens is 335 g/mol. The van der Waals surface area contributed by atoms with E-state index >= 15 is 0 Å². The summed E-state index contributed by atoms with van der Waals surface area (Å²) in [6, 6.07) is 6.75. The number of hydrogen-bond donors (Lipinski definition) is 1. The first-order chi connectivity index (χ1) is 12.4. The Morgan fingerprint density at radius 2 is 2.04 bits per heavy atom. The molecule has 0 spiro atoms. The van der Waals surface area contributed by atoms with Gasteiger partial charge >= 0.3 is 5.97 Å². The topological polar surface area (TPSA) is 60.9 Å². The zero-order valence-electron chi connectivity index (χ0n) is 15.7. The standard InChI is InChI=1S/C20H29FN2O3/c1-3-22(14-20(25)26)18-7-9-23(10-8-18)19(24)12-15(2)11-16-5-4-6-17(21)13-16/h4-6,13,15,18H,3,7-12,14H2,1-2H3,(H,25,26). The average molecular weight is 364 g/mol. The fourth-order valence-corrected chi connectivity index (χ4v) is 3.72. The monoisotopic (exact) mass is 364 g/mol. The molecule has 0 saturated carbocycles. The number of likely N-dealkylation sites (tertiary alicyclic amines) is 1. The molecule has 26 heavy (non-hydrogen) atoms. The second kappa shape index (κ2) is 9.67. The smallest absolute Gasteiger partial charge is 0.317 e. The van der Waals surface area contributed by atoms with Crippen LogP contribution in [0.1, 0.15) is 38.7 Å². The van der Waals surface area contributed by atoms with Gasteiger partial charge in [0.2, 0.25) is 5.91 Å². The molecule has 5 nitrogen and oxygen atoms in total. The maximum absolute atomic E-state index is 13.3. The van der Waals surface area contributed by atoms with E-state index in [9.17, 15) is 14.0 Å². The summed E-state index contributed by atoms with van der Waals surface area (Å²) in [5.74, 6) is -0.767. The third-order valence-electron chi connectivity index (χ3n) is 5.07. The van der Waals surface area contributed by atoms with Crippen LogP contribution in [0, 0.1) is 11.7 Å². The number of likely N-dealkylation sites (N-methyl/N-ethyl adjacent to an activating group) is 1. The summed E-state index contributed by atoms with van der Waals surface area (Å²) >= 11 is 0. The van der Waals surface area contributed by atoms with Gasteiger partial charge in [0.15, 0.2) is 0 Å². The van der Waals surface area contributed by atoms with Crippen molar-refractivity contribution >= 4 is 11.9 Å². The van der Waals surface area contributed by atoms with E-state index in [0.717, 1.165) is 18.4 Å². The number of amides is 1. The second-order valence-electron chi connectivity index (χ2n) is 7.21. The van der Waals surface area contributed by atoms with Gasteiger partial charge in [-0.15, -0.1) is 0 Å². The lowest BCUT2D eigenvalue weighted by molar-refractivity contribution is -0.140. The van der Waals surface area contributed by atoms with E-state index in [1.54, 1.807) is 6.07 Å². The number of halogens is 1. The molecule has 1 fully saturated rings. The van der Waals surface area contributed by atoms with Crippen LogP contribution in [0.25, 0.3) is 0 Å². The second-order valence-corrected chi connectivity index (χ2v) is 7.21. The van der Waals surface area contributed by atoms with Crippen LogP contribution in [0.3, 0.4) is 0 Å². The molecule has 0 bridgehead atoms. The van der Waals surface area contributed by atoms with E-state index in [1.165, 1.54) is 12.1 Å². The highest BCUT2D eigenvalue weighted by molar-refractivity contribution is 5.76. The molecule has 0 aromatic heterocycles. The van der Waals surface area contributed by atoms with E-state index in [1.807, 2.05) is 29.7 Å². The fourth-order valence-electron chi connectivity index (χ4n) is 3.72. The number of carboxylic acids is 1. The lowest BCUT2D eigenvalue weighted by atomic mass is 9.96. The predicted molar refractivity (Wildman–Crippen MR) is 98.4 cm³/mol. The molecule has 1 saturated heterocycles. The molecule has 0 radical (unpaired) electrons. The number of nitrogens with zero attached hydrogens (tertiary/aromatic N) is 2. The lowest BCUT2D eigenvalue weighted by Gasteiger charge is -2.37. The molecule has 1 aromatic rings. The normalized spacial score (nSPS) is 16.7. The molecule has 1 N–H and O–H groups in total. The van der Waals surface area contributed by atoms with Gasteiger partial charge < -0.3 is 10.0 Å².